The SMILES string of the molecule is CC(=O)OCCc1cccnc1. The standard InChI is InChI=1S/C9H11NO2/c1-8(11)12-6-4-9-3-2-5-10-7-9/h2-3,5,7H,4,6H2,1H3. The molecule has 0 fully saturated rings. The molecule has 0 saturated heterocycles. The van der Waals surface area contributed by atoms with Crippen LogP contribution in [0.2, 0.25) is 0 Å². The highest BCUT2D eigenvalue weighted by atomic mass is 16.5. The molecule has 0 aromatic carbocycles. The molecule has 0 amide bonds. The molecule has 1 aromatic rings. The minimum absolute atomic E-state index is 0.237. The first-order chi connectivity index (χ1) is 5.79. The molecular formula is C9H11NO2. The third-order valence-corrected chi connectivity index (χ3v) is 1.42. The van der Waals surface area contributed by atoms with Crippen molar-refractivity contribution in [2.24, 2.45) is 0 Å². The van der Waals surface area contributed by atoms with Gasteiger partial charge in [0.25, 0.3) is 0 Å². The van der Waals surface area contributed by atoms with Crippen LogP contribution in [0.3, 0.4) is 0 Å². The Balaban J connectivity index is 2.29. The summed E-state index contributed by atoms with van der Waals surface area (Å²) in [5.41, 5.74) is 1.08. The summed E-state index contributed by atoms with van der Waals surface area (Å²) in [6, 6.07) is 3.82. The molecule has 0 N–H and O–H groups in total. The van der Waals surface area contributed by atoms with E-state index in [1.54, 1.807) is 12.4 Å². The smallest absolute Gasteiger partial charge is 0.302 e. The molecule has 12 heavy (non-hydrogen) atoms. The van der Waals surface area contributed by atoms with Crippen LogP contribution in [0.15, 0.2) is 24.5 Å². The summed E-state index contributed by atoms with van der Waals surface area (Å²) in [5.74, 6) is -0.237. The van der Waals surface area contributed by atoms with Gasteiger partial charge in [-0.2, -0.15) is 0 Å². The van der Waals surface area contributed by atoms with E-state index in [1.165, 1.54) is 6.92 Å². The second-order valence-electron chi connectivity index (χ2n) is 2.45. The largest absolute Gasteiger partial charge is 0.466 e. The van der Waals surface area contributed by atoms with E-state index >= 15 is 0 Å². The molecule has 3 heteroatoms. The van der Waals surface area contributed by atoms with Gasteiger partial charge in [0.1, 0.15) is 0 Å². The molecule has 0 aliphatic carbocycles. The Hall–Kier alpha value is -1.38. The van der Waals surface area contributed by atoms with Gasteiger partial charge < -0.3 is 4.74 Å². The number of carbonyl (C=O) groups excluding carboxylic acids is 1. The highest BCUT2D eigenvalue weighted by molar-refractivity contribution is 5.65. The lowest BCUT2D eigenvalue weighted by Crippen LogP contribution is -2.03. The van der Waals surface area contributed by atoms with Gasteiger partial charge in [0.2, 0.25) is 0 Å². The van der Waals surface area contributed by atoms with E-state index < -0.39 is 0 Å². The molecule has 1 heterocycles. The van der Waals surface area contributed by atoms with Gasteiger partial charge in [0.05, 0.1) is 6.61 Å². The second kappa shape index (κ2) is 4.49. The van der Waals surface area contributed by atoms with E-state index in [9.17, 15) is 4.79 Å². The first-order valence-electron chi connectivity index (χ1n) is 3.81. The highest BCUT2D eigenvalue weighted by Crippen LogP contribution is 1.96. The fourth-order valence-corrected chi connectivity index (χ4v) is 0.859. The predicted molar refractivity (Wildman–Crippen MR) is 44.6 cm³/mol. The van der Waals surface area contributed by atoms with Gasteiger partial charge >= 0.3 is 5.97 Å². The molecule has 0 aliphatic rings. The van der Waals surface area contributed by atoms with Gasteiger partial charge in [-0.05, 0) is 11.6 Å². The number of ether oxygens (including phenoxy) is 1. The van der Waals surface area contributed by atoms with Crippen molar-refractivity contribution in [2.45, 2.75) is 13.3 Å². The van der Waals surface area contributed by atoms with E-state index in [0.29, 0.717) is 6.61 Å². The van der Waals surface area contributed by atoms with Gasteiger partial charge in [0.15, 0.2) is 0 Å². The first-order valence-corrected chi connectivity index (χ1v) is 3.81. The lowest BCUT2D eigenvalue weighted by molar-refractivity contribution is -0.140. The van der Waals surface area contributed by atoms with Gasteiger partial charge in [0, 0.05) is 25.7 Å². The maximum Gasteiger partial charge on any atom is 0.302 e. The average Bonchev–Trinajstić information content (AvgIpc) is 2.05. The Labute approximate surface area is 71.4 Å². The Morgan fingerprint density at radius 2 is 2.50 bits per heavy atom. The normalized spacial score (nSPS) is 9.42. The molecule has 0 spiro atoms. The second-order valence-corrected chi connectivity index (χ2v) is 2.45. The fourth-order valence-electron chi connectivity index (χ4n) is 0.859. The van der Waals surface area contributed by atoms with Crippen LogP contribution in [0, 0.1) is 0 Å². The molecule has 0 saturated carbocycles. The van der Waals surface area contributed by atoms with Crippen molar-refractivity contribution in [3.63, 3.8) is 0 Å². The van der Waals surface area contributed by atoms with E-state index in [-0.39, 0.29) is 5.97 Å². The Bertz CT molecular complexity index is 246. The molecule has 0 bridgehead atoms. The number of aromatic nitrogens is 1. The van der Waals surface area contributed by atoms with Crippen molar-refractivity contribution in [1.82, 2.24) is 4.98 Å². The topological polar surface area (TPSA) is 39.2 Å². The average molecular weight is 165 g/mol. The first kappa shape index (κ1) is 8.71. The number of nitrogens with zero attached hydrogens (tertiary/aromatic N) is 1. The van der Waals surface area contributed by atoms with E-state index in [2.05, 4.69) is 4.98 Å². The molecule has 3 nitrogen and oxygen atoms in total. The Kier molecular flexibility index (Phi) is 3.26. The molecular weight excluding hydrogens is 154 g/mol. The van der Waals surface area contributed by atoms with Gasteiger partial charge in [-0.3, -0.25) is 9.78 Å². The number of hydrogen-bond donors (Lipinski definition) is 0. The summed E-state index contributed by atoms with van der Waals surface area (Å²) in [6.07, 6.45) is 4.21. The van der Waals surface area contributed by atoms with Gasteiger partial charge in [-0.25, -0.2) is 0 Å². The van der Waals surface area contributed by atoms with Crippen LogP contribution in [0.1, 0.15) is 12.5 Å². The highest BCUT2D eigenvalue weighted by Gasteiger charge is 1.94. The zero-order valence-corrected chi connectivity index (χ0v) is 6.99. The zero-order chi connectivity index (χ0) is 8.81. The number of carbonyl (C=O) groups is 1. The van der Waals surface area contributed by atoms with Crippen LogP contribution in [0.4, 0.5) is 0 Å². The number of esters is 1. The lowest BCUT2D eigenvalue weighted by atomic mass is 10.2. The summed E-state index contributed by atoms with van der Waals surface area (Å²) < 4.78 is 4.78. The maximum absolute atomic E-state index is 10.4. The number of pyridine rings is 1. The van der Waals surface area contributed by atoms with Crippen molar-refractivity contribution >= 4 is 5.97 Å². The van der Waals surface area contributed by atoms with E-state index in [4.69, 9.17) is 4.74 Å². The molecule has 0 aliphatic heterocycles. The van der Waals surface area contributed by atoms with Crippen LogP contribution >= 0.6 is 0 Å². The Morgan fingerprint density at radius 3 is 3.08 bits per heavy atom. The summed E-state index contributed by atoms with van der Waals surface area (Å²) in [5, 5.41) is 0. The molecule has 64 valence electrons. The maximum atomic E-state index is 10.4. The van der Waals surface area contributed by atoms with Crippen molar-refractivity contribution < 1.29 is 9.53 Å². The summed E-state index contributed by atoms with van der Waals surface area (Å²) in [7, 11) is 0. The molecule has 1 aromatic heterocycles. The van der Waals surface area contributed by atoms with Crippen LogP contribution in [0.25, 0.3) is 0 Å². The summed E-state index contributed by atoms with van der Waals surface area (Å²) >= 11 is 0. The zero-order valence-electron chi connectivity index (χ0n) is 6.99. The predicted octanol–water partition coefficient (Wildman–Crippen LogP) is 1.19. The Morgan fingerprint density at radius 1 is 1.67 bits per heavy atom. The summed E-state index contributed by atoms with van der Waals surface area (Å²) in [4.78, 5) is 14.3. The molecule has 0 radical (unpaired) electrons. The lowest BCUT2D eigenvalue weighted by Gasteiger charge is -2.00. The van der Waals surface area contributed by atoms with Gasteiger partial charge in [-0.1, -0.05) is 6.07 Å². The third kappa shape index (κ3) is 3.14. The van der Waals surface area contributed by atoms with E-state index in [0.717, 1.165) is 12.0 Å². The molecule has 0 atom stereocenters. The quantitative estimate of drug-likeness (QED) is 0.631. The van der Waals surface area contributed by atoms with Crippen molar-refractivity contribution in [2.75, 3.05) is 6.61 Å². The van der Waals surface area contributed by atoms with Crippen molar-refractivity contribution in [3.8, 4) is 0 Å². The minimum Gasteiger partial charge on any atom is -0.466 e. The van der Waals surface area contributed by atoms with Crippen molar-refractivity contribution in [3.05, 3.63) is 30.1 Å². The molecule has 1 rings (SSSR count). The van der Waals surface area contributed by atoms with Crippen molar-refractivity contribution in [1.29, 1.82) is 0 Å². The van der Waals surface area contributed by atoms with Crippen LogP contribution in [-0.4, -0.2) is 17.6 Å². The van der Waals surface area contributed by atoms with Gasteiger partial charge in [-0.15, -0.1) is 0 Å². The number of rotatable bonds is 3. The monoisotopic (exact) mass is 165 g/mol. The fraction of sp³-hybridized carbons (Fsp3) is 0.333. The third-order valence-electron chi connectivity index (χ3n) is 1.42. The van der Waals surface area contributed by atoms with Crippen LogP contribution < -0.4 is 0 Å². The summed E-state index contributed by atoms with van der Waals surface area (Å²) in [6.45, 7) is 1.84. The van der Waals surface area contributed by atoms with Crippen LogP contribution in [0.5, 0.6) is 0 Å². The minimum atomic E-state index is -0.237. The molecule has 0 unspecified atom stereocenters. The number of hydrogen-bond acceptors (Lipinski definition) is 3. The van der Waals surface area contributed by atoms with E-state index in [1.807, 2.05) is 12.1 Å². The van der Waals surface area contributed by atoms with Crippen LogP contribution in [-0.2, 0) is 16.0 Å².